The number of nitrogens with zero attached hydrogens (tertiary/aromatic N) is 2. The number of benzene rings is 1. The van der Waals surface area contributed by atoms with Crippen LogP contribution in [0.1, 0.15) is 0 Å². The molecule has 1 N–H and O–H groups in total. The molecule has 1 aromatic carbocycles. The predicted molar refractivity (Wildman–Crippen MR) is 65.9 cm³/mol. The molecule has 1 amide bonds. The van der Waals surface area contributed by atoms with E-state index in [2.05, 4.69) is 14.2 Å². The molecule has 0 saturated heterocycles. The second-order valence-corrected chi connectivity index (χ2v) is 5.01. The maximum absolute atomic E-state index is 13.2. The van der Waals surface area contributed by atoms with Crippen molar-refractivity contribution in [1.29, 1.82) is 0 Å². The number of carbonyl (C=O) groups is 1. The lowest BCUT2D eigenvalue weighted by Gasteiger charge is -2.06. The monoisotopic (exact) mass is 297 g/mol. The van der Waals surface area contributed by atoms with E-state index in [9.17, 15) is 17.6 Å². The minimum Gasteiger partial charge on any atom is -0.339 e. The van der Waals surface area contributed by atoms with Gasteiger partial charge in [0.1, 0.15) is 4.90 Å². The van der Waals surface area contributed by atoms with Crippen LogP contribution >= 0.6 is 0 Å². The topological polar surface area (TPSA) is 98.2 Å². The van der Waals surface area contributed by atoms with E-state index < -0.39 is 27.8 Å². The number of anilines is 1. The van der Waals surface area contributed by atoms with Gasteiger partial charge >= 0.3 is 16.1 Å². The van der Waals surface area contributed by atoms with Crippen LogP contribution in [0.3, 0.4) is 0 Å². The van der Waals surface area contributed by atoms with Crippen molar-refractivity contribution >= 4 is 22.3 Å². The zero-order chi connectivity index (χ0) is 14.6. The Labute approximate surface area is 113 Å². The van der Waals surface area contributed by atoms with Gasteiger partial charge in [0, 0.05) is 0 Å². The van der Waals surface area contributed by atoms with Gasteiger partial charge in [-0.1, -0.05) is 18.2 Å². The van der Waals surface area contributed by atoms with Gasteiger partial charge in [-0.05, 0) is 12.1 Å². The van der Waals surface area contributed by atoms with Crippen LogP contribution in [-0.4, -0.2) is 24.8 Å². The summed E-state index contributed by atoms with van der Waals surface area (Å²) in [6, 6.07) is 6.72. The average molecular weight is 297 g/mol. The molecule has 7 nitrogen and oxygen atoms in total. The Hall–Kier alpha value is -2.55. The molecule has 0 bridgehead atoms. The molecule has 0 atom stereocenters. The Morgan fingerprint density at radius 3 is 2.60 bits per heavy atom. The molecule has 0 aliphatic rings. The van der Waals surface area contributed by atoms with Crippen molar-refractivity contribution in [3.05, 3.63) is 42.3 Å². The molecule has 20 heavy (non-hydrogen) atoms. The van der Waals surface area contributed by atoms with Gasteiger partial charge in [0.15, 0.2) is 11.6 Å². The fraction of sp³-hybridized carbons (Fsp3) is 0. The highest BCUT2D eigenvalue weighted by atomic mass is 32.2. The molecule has 0 radical (unpaired) electrons. The Balaban J connectivity index is 2.30. The highest BCUT2D eigenvalue weighted by Crippen LogP contribution is 2.17. The van der Waals surface area contributed by atoms with Crippen molar-refractivity contribution in [3.8, 4) is 6.01 Å². The van der Waals surface area contributed by atoms with Crippen LogP contribution in [0.15, 0.2) is 41.4 Å². The molecular weight excluding hydrogens is 289 g/mol. The third kappa shape index (κ3) is 3.06. The molecule has 0 spiro atoms. The van der Waals surface area contributed by atoms with Gasteiger partial charge in [-0.3, -0.25) is 4.79 Å². The van der Waals surface area contributed by atoms with E-state index in [1.54, 1.807) is 6.07 Å². The molecule has 0 unspecified atom stereocenters. The van der Waals surface area contributed by atoms with Crippen molar-refractivity contribution in [2.75, 3.05) is 5.32 Å². The maximum Gasteiger partial charge on any atom is 0.341 e. The number of amides is 1. The lowest BCUT2D eigenvalue weighted by atomic mass is 10.4. The lowest BCUT2D eigenvalue weighted by molar-refractivity contribution is -0.105. The Bertz CT molecular complexity index is 722. The van der Waals surface area contributed by atoms with Gasteiger partial charge in [0.25, 0.3) is 0 Å². The van der Waals surface area contributed by atoms with E-state index in [1.807, 2.05) is 5.32 Å². The molecule has 1 heterocycles. The van der Waals surface area contributed by atoms with Crippen LogP contribution in [0, 0.1) is 5.82 Å². The SMILES string of the molecule is O=CNc1nc(OS(=O)(=O)c2ccccc2)ncc1F. The molecule has 0 aliphatic heterocycles. The first kappa shape index (κ1) is 13.9. The molecule has 0 aliphatic carbocycles. The highest BCUT2D eigenvalue weighted by molar-refractivity contribution is 7.87. The minimum atomic E-state index is -4.12. The summed E-state index contributed by atoms with van der Waals surface area (Å²) in [5.41, 5.74) is 0. The summed E-state index contributed by atoms with van der Waals surface area (Å²) in [6.45, 7) is 0. The molecule has 0 fully saturated rings. The molecule has 2 aromatic rings. The first-order valence-corrected chi connectivity index (χ1v) is 6.66. The fourth-order valence-corrected chi connectivity index (χ4v) is 2.14. The summed E-state index contributed by atoms with van der Waals surface area (Å²) >= 11 is 0. The maximum atomic E-state index is 13.2. The Morgan fingerprint density at radius 1 is 1.25 bits per heavy atom. The number of nitrogens with one attached hydrogen (secondary N) is 1. The quantitative estimate of drug-likeness (QED) is 0.651. The second kappa shape index (κ2) is 5.61. The Kier molecular flexibility index (Phi) is 3.89. The van der Waals surface area contributed by atoms with E-state index in [-0.39, 0.29) is 11.3 Å². The van der Waals surface area contributed by atoms with Crippen LogP contribution in [0.2, 0.25) is 0 Å². The van der Waals surface area contributed by atoms with Crippen LogP contribution in [0.5, 0.6) is 6.01 Å². The summed E-state index contributed by atoms with van der Waals surface area (Å²) in [6.07, 6.45) is 0.884. The number of hydrogen-bond donors (Lipinski definition) is 1. The largest absolute Gasteiger partial charge is 0.341 e. The van der Waals surface area contributed by atoms with Crippen LogP contribution in [0.25, 0.3) is 0 Å². The van der Waals surface area contributed by atoms with Crippen LogP contribution in [0.4, 0.5) is 10.2 Å². The first-order valence-electron chi connectivity index (χ1n) is 5.25. The fourth-order valence-electron chi connectivity index (χ4n) is 1.28. The number of halogens is 1. The number of rotatable bonds is 5. The molecule has 2 rings (SSSR count). The normalized spacial score (nSPS) is 10.8. The van der Waals surface area contributed by atoms with Crippen LogP contribution in [-0.2, 0) is 14.9 Å². The zero-order valence-corrected chi connectivity index (χ0v) is 10.7. The molecule has 9 heteroatoms. The van der Waals surface area contributed by atoms with Crippen molar-refractivity contribution in [1.82, 2.24) is 9.97 Å². The Morgan fingerprint density at radius 2 is 1.95 bits per heavy atom. The van der Waals surface area contributed by atoms with Gasteiger partial charge in [-0.15, -0.1) is 0 Å². The smallest absolute Gasteiger partial charge is 0.339 e. The van der Waals surface area contributed by atoms with E-state index in [0.29, 0.717) is 6.20 Å². The third-order valence-corrected chi connectivity index (χ3v) is 3.35. The van der Waals surface area contributed by atoms with Crippen molar-refractivity contribution < 1.29 is 21.8 Å². The van der Waals surface area contributed by atoms with Gasteiger partial charge in [0.05, 0.1) is 6.20 Å². The second-order valence-electron chi connectivity index (χ2n) is 3.46. The van der Waals surface area contributed by atoms with Crippen molar-refractivity contribution in [2.24, 2.45) is 0 Å². The van der Waals surface area contributed by atoms with Gasteiger partial charge in [-0.25, -0.2) is 4.39 Å². The van der Waals surface area contributed by atoms with Crippen molar-refractivity contribution in [2.45, 2.75) is 4.90 Å². The zero-order valence-electron chi connectivity index (χ0n) is 9.86. The summed E-state index contributed by atoms with van der Waals surface area (Å²) < 4.78 is 41.6. The molecule has 0 saturated carbocycles. The number of carbonyl (C=O) groups excluding carboxylic acids is 1. The molecule has 104 valence electrons. The van der Waals surface area contributed by atoms with Crippen molar-refractivity contribution in [3.63, 3.8) is 0 Å². The minimum absolute atomic E-state index is 0.0992. The average Bonchev–Trinajstić information content (AvgIpc) is 2.43. The van der Waals surface area contributed by atoms with Gasteiger partial charge in [0.2, 0.25) is 6.41 Å². The first-order chi connectivity index (χ1) is 9.53. The number of aromatic nitrogens is 2. The third-order valence-electron chi connectivity index (χ3n) is 2.13. The van der Waals surface area contributed by atoms with E-state index >= 15 is 0 Å². The predicted octanol–water partition coefficient (Wildman–Crippen LogP) is 0.952. The summed E-state index contributed by atoms with van der Waals surface area (Å²) in [4.78, 5) is 17.0. The van der Waals surface area contributed by atoms with Crippen LogP contribution < -0.4 is 9.50 Å². The van der Waals surface area contributed by atoms with Gasteiger partial charge in [-0.2, -0.15) is 18.4 Å². The standard InChI is InChI=1S/C11H8FN3O4S/c12-9-6-13-11(15-10(9)14-7-16)19-20(17,18)8-4-2-1-3-5-8/h1-7H,(H,13,14,15,16). The van der Waals surface area contributed by atoms with E-state index in [4.69, 9.17) is 0 Å². The molecular formula is C11H8FN3O4S. The van der Waals surface area contributed by atoms with E-state index in [1.165, 1.54) is 24.3 Å². The van der Waals surface area contributed by atoms with Gasteiger partial charge < -0.3 is 9.50 Å². The van der Waals surface area contributed by atoms with E-state index in [0.717, 1.165) is 0 Å². The number of hydrogen-bond acceptors (Lipinski definition) is 6. The summed E-state index contributed by atoms with van der Waals surface area (Å²) in [5, 5.41) is 1.96. The lowest BCUT2D eigenvalue weighted by Crippen LogP contribution is -2.12. The molecule has 1 aromatic heterocycles. The highest BCUT2D eigenvalue weighted by Gasteiger charge is 2.19. The summed E-state index contributed by atoms with van der Waals surface area (Å²) in [7, 11) is -4.12. The summed E-state index contributed by atoms with van der Waals surface area (Å²) in [5.74, 6) is -1.39.